The van der Waals surface area contributed by atoms with E-state index in [1.807, 2.05) is 0 Å². The quantitative estimate of drug-likeness (QED) is 0.0225. The second kappa shape index (κ2) is 35.9. The highest BCUT2D eigenvalue weighted by Crippen LogP contribution is 2.26. The molecule has 7 N–H and O–H groups in total. The zero-order valence-corrected chi connectivity index (χ0v) is 38.3. The summed E-state index contributed by atoms with van der Waals surface area (Å²) in [5, 5.41) is 71.9. The highest BCUT2D eigenvalue weighted by atomic mass is 16.7. The average molecular weight is 901 g/mol. The predicted octanol–water partition coefficient (Wildman–Crippen LogP) is 5.76. The summed E-state index contributed by atoms with van der Waals surface area (Å²) in [6, 6.07) is 0. The molecule has 2 fully saturated rings. The molecule has 2 aliphatic rings. The summed E-state index contributed by atoms with van der Waals surface area (Å²) >= 11 is 0. The Balaban J connectivity index is 1.85. The van der Waals surface area contributed by atoms with Gasteiger partial charge in [0.1, 0.15) is 55.4 Å². The number of allylic oxidation sites excluding steroid dienone is 6. The van der Waals surface area contributed by atoms with E-state index in [1.54, 1.807) is 0 Å². The minimum atomic E-state index is -1.77. The lowest BCUT2D eigenvalue weighted by molar-refractivity contribution is -0.332. The van der Waals surface area contributed by atoms with Crippen LogP contribution >= 0.6 is 0 Å². The minimum Gasteiger partial charge on any atom is -0.462 e. The van der Waals surface area contributed by atoms with Crippen LogP contribution in [0.4, 0.5) is 0 Å². The second-order valence-electron chi connectivity index (χ2n) is 16.9. The topological polar surface area (TPSA) is 231 Å². The highest BCUT2D eigenvalue weighted by molar-refractivity contribution is 5.70. The molecule has 2 aliphatic heterocycles. The van der Waals surface area contributed by atoms with Crippen molar-refractivity contribution in [3.05, 3.63) is 36.5 Å². The third kappa shape index (κ3) is 24.7. The third-order valence-corrected chi connectivity index (χ3v) is 11.4. The first-order chi connectivity index (χ1) is 30.5. The molecule has 0 amide bonds. The minimum absolute atomic E-state index is 0.131. The van der Waals surface area contributed by atoms with Crippen molar-refractivity contribution in [1.29, 1.82) is 0 Å². The van der Waals surface area contributed by atoms with E-state index in [2.05, 4.69) is 50.3 Å². The molecule has 0 bridgehead atoms. The molecule has 2 heterocycles. The monoisotopic (exact) mass is 901 g/mol. The zero-order valence-electron chi connectivity index (χ0n) is 38.3. The van der Waals surface area contributed by atoms with E-state index in [9.17, 15) is 45.3 Å². The Kier molecular flexibility index (Phi) is 32.4. The largest absolute Gasteiger partial charge is 0.462 e. The normalized spacial score (nSPS) is 27.1. The highest BCUT2D eigenvalue weighted by Gasteiger charge is 2.47. The number of esters is 2. The van der Waals surface area contributed by atoms with Crippen LogP contribution in [0.3, 0.4) is 0 Å². The standard InChI is InChI=1S/C48H84O15/c1-3-5-7-9-11-13-15-17-19-20-22-24-26-28-30-39(50)58-33-36(61-40(51)31-29-27-25-23-21-18-16-14-12-10-8-6-4-2)34-59-47-46(57)44(55)42(53)38(63-47)35-60-48-45(56)43(54)41(52)37(32-49)62-48/h6,8,12,14,18,21,36-38,41-49,52-57H,3-5,7,9-11,13,15-17,19-20,22-35H2,1-2H3/b8-6-,14-12-,21-18-. The number of hydrogen-bond acceptors (Lipinski definition) is 15. The van der Waals surface area contributed by atoms with Crippen molar-refractivity contribution in [2.24, 2.45) is 0 Å². The third-order valence-electron chi connectivity index (χ3n) is 11.4. The van der Waals surface area contributed by atoms with E-state index in [1.165, 1.54) is 64.2 Å². The maximum absolute atomic E-state index is 12.9. The number of carbonyl (C=O) groups is 2. The van der Waals surface area contributed by atoms with E-state index in [-0.39, 0.29) is 19.4 Å². The summed E-state index contributed by atoms with van der Waals surface area (Å²) in [5.41, 5.74) is 0. The van der Waals surface area contributed by atoms with Gasteiger partial charge in [-0.25, -0.2) is 0 Å². The Labute approximate surface area is 376 Å². The molecule has 11 unspecified atom stereocenters. The molecule has 0 saturated carbocycles. The molecular formula is C48H84O15. The Morgan fingerprint density at radius 2 is 1.00 bits per heavy atom. The lowest BCUT2D eigenvalue weighted by Gasteiger charge is -2.42. The summed E-state index contributed by atoms with van der Waals surface area (Å²) < 4.78 is 33.5. The summed E-state index contributed by atoms with van der Waals surface area (Å²) in [7, 11) is 0. The van der Waals surface area contributed by atoms with Gasteiger partial charge in [-0.2, -0.15) is 0 Å². The van der Waals surface area contributed by atoms with Gasteiger partial charge in [-0.3, -0.25) is 9.59 Å². The molecule has 2 saturated heterocycles. The number of aliphatic hydroxyl groups excluding tert-OH is 7. The summed E-state index contributed by atoms with van der Waals surface area (Å²) in [4.78, 5) is 25.7. The molecule has 15 heteroatoms. The average Bonchev–Trinajstić information content (AvgIpc) is 3.28. The van der Waals surface area contributed by atoms with E-state index in [0.29, 0.717) is 12.8 Å². The van der Waals surface area contributed by atoms with Crippen LogP contribution in [-0.2, 0) is 38.0 Å². The molecule has 0 aromatic rings. The molecule has 11 atom stereocenters. The fraction of sp³-hybridized carbons (Fsp3) is 0.833. The first-order valence-corrected chi connectivity index (χ1v) is 24.1. The first-order valence-electron chi connectivity index (χ1n) is 24.1. The molecule has 366 valence electrons. The van der Waals surface area contributed by atoms with E-state index >= 15 is 0 Å². The van der Waals surface area contributed by atoms with E-state index in [0.717, 1.165) is 57.8 Å². The van der Waals surface area contributed by atoms with Crippen LogP contribution in [0.5, 0.6) is 0 Å². The number of ether oxygens (including phenoxy) is 6. The molecule has 2 rings (SSSR count). The van der Waals surface area contributed by atoms with Gasteiger partial charge in [0, 0.05) is 12.8 Å². The molecule has 15 nitrogen and oxygen atoms in total. The van der Waals surface area contributed by atoms with E-state index in [4.69, 9.17) is 28.4 Å². The van der Waals surface area contributed by atoms with Gasteiger partial charge in [-0.1, -0.05) is 140 Å². The van der Waals surface area contributed by atoms with Gasteiger partial charge < -0.3 is 64.2 Å². The first kappa shape index (κ1) is 56.8. The summed E-state index contributed by atoms with van der Waals surface area (Å²) in [5.74, 6) is -0.958. The van der Waals surface area contributed by atoms with Crippen molar-refractivity contribution in [2.45, 2.75) is 229 Å². The smallest absolute Gasteiger partial charge is 0.306 e. The lowest BCUT2D eigenvalue weighted by atomic mass is 9.98. The van der Waals surface area contributed by atoms with Gasteiger partial charge in [0.25, 0.3) is 0 Å². The van der Waals surface area contributed by atoms with Crippen molar-refractivity contribution in [2.75, 3.05) is 26.4 Å². The maximum atomic E-state index is 12.9. The van der Waals surface area contributed by atoms with Gasteiger partial charge in [-0.15, -0.1) is 0 Å². The van der Waals surface area contributed by atoms with Gasteiger partial charge in [-0.05, 0) is 44.9 Å². The number of aliphatic hydroxyl groups is 7. The van der Waals surface area contributed by atoms with Crippen molar-refractivity contribution in [3.8, 4) is 0 Å². The molecule has 0 radical (unpaired) electrons. The van der Waals surface area contributed by atoms with E-state index < -0.39 is 99.3 Å². The fourth-order valence-corrected chi connectivity index (χ4v) is 7.41. The predicted molar refractivity (Wildman–Crippen MR) is 238 cm³/mol. The lowest BCUT2D eigenvalue weighted by Crippen LogP contribution is -2.61. The van der Waals surface area contributed by atoms with Crippen LogP contribution < -0.4 is 0 Å². The van der Waals surface area contributed by atoms with Crippen molar-refractivity contribution in [1.82, 2.24) is 0 Å². The number of hydrogen-bond donors (Lipinski definition) is 7. The Morgan fingerprint density at radius 3 is 1.57 bits per heavy atom. The van der Waals surface area contributed by atoms with Crippen LogP contribution in [0.2, 0.25) is 0 Å². The maximum Gasteiger partial charge on any atom is 0.306 e. The molecule has 0 aromatic carbocycles. The van der Waals surface area contributed by atoms with Crippen molar-refractivity contribution in [3.63, 3.8) is 0 Å². The molecular weight excluding hydrogens is 817 g/mol. The summed E-state index contributed by atoms with van der Waals surface area (Å²) in [6.07, 6.45) is 19.0. The molecule has 63 heavy (non-hydrogen) atoms. The van der Waals surface area contributed by atoms with Crippen molar-refractivity contribution < 1.29 is 73.8 Å². The number of unbranched alkanes of at least 4 members (excludes halogenated alkanes) is 16. The zero-order chi connectivity index (χ0) is 46.1. The molecule has 0 aliphatic carbocycles. The van der Waals surface area contributed by atoms with Crippen LogP contribution in [-0.4, -0.2) is 142 Å². The summed E-state index contributed by atoms with van der Waals surface area (Å²) in [6.45, 7) is 2.43. The fourth-order valence-electron chi connectivity index (χ4n) is 7.41. The molecule has 0 spiro atoms. The Bertz CT molecular complexity index is 1240. The van der Waals surface area contributed by atoms with Gasteiger partial charge in [0.2, 0.25) is 0 Å². The van der Waals surface area contributed by atoms with Crippen molar-refractivity contribution >= 4 is 11.9 Å². The van der Waals surface area contributed by atoms with Crippen LogP contribution in [0.1, 0.15) is 162 Å². The number of carbonyl (C=O) groups excluding carboxylic acids is 2. The van der Waals surface area contributed by atoms with Crippen LogP contribution in [0.15, 0.2) is 36.5 Å². The Morgan fingerprint density at radius 1 is 0.524 bits per heavy atom. The molecule has 0 aromatic heterocycles. The van der Waals surface area contributed by atoms with Gasteiger partial charge >= 0.3 is 11.9 Å². The number of rotatable bonds is 36. The van der Waals surface area contributed by atoms with Crippen LogP contribution in [0.25, 0.3) is 0 Å². The SMILES string of the molecule is CC/C=C\C/C=C\C/C=C\CCCCCC(=O)OC(COC(=O)CCCCCCCCCCCCCCCC)COC1OC(COC2OC(CO)C(O)C(O)C2O)C(O)C(O)C1O. The van der Waals surface area contributed by atoms with Gasteiger partial charge in [0.15, 0.2) is 18.7 Å². The second-order valence-corrected chi connectivity index (χ2v) is 16.9. The van der Waals surface area contributed by atoms with Crippen LogP contribution in [0, 0.1) is 0 Å². The van der Waals surface area contributed by atoms with Gasteiger partial charge in [0.05, 0.1) is 19.8 Å². The Hall–Kier alpha value is -2.28.